The van der Waals surface area contributed by atoms with Gasteiger partial charge in [0.15, 0.2) is 0 Å². The van der Waals surface area contributed by atoms with Gasteiger partial charge < -0.3 is 5.73 Å². The smallest absolute Gasteiger partial charge is 0.0708 e. The lowest BCUT2D eigenvalue weighted by atomic mass is 10.1. The van der Waals surface area contributed by atoms with Gasteiger partial charge in [0.25, 0.3) is 0 Å². The van der Waals surface area contributed by atoms with E-state index in [0.29, 0.717) is 0 Å². The third kappa shape index (κ3) is 2.47. The summed E-state index contributed by atoms with van der Waals surface area (Å²) in [4.78, 5) is 6.95. The number of pyridine rings is 1. The third-order valence-electron chi connectivity index (χ3n) is 3.50. The molecular weight excluding hydrogens is 264 g/mol. The maximum absolute atomic E-state index is 6.21. The number of nitrogens with two attached hydrogens (primary N) is 1. The van der Waals surface area contributed by atoms with Gasteiger partial charge in [-0.1, -0.05) is 31.5 Å². The number of hydrogen-bond acceptors (Lipinski definition) is 3. The zero-order valence-corrected chi connectivity index (χ0v) is 12.4. The summed E-state index contributed by atoms with van der Waals surface area (Å²) in [7, 11) is 0. The average Bonchev–Trinajstić information content (AvgIpc) is 2.97. The van der Waals surface area contributed by atoms with Crippen LogP contribution in [0.15, 0.2) is 48.7 Å². The Morgan fingerprint density at radius 1 is 1.15 bits per heavy atom. The minimum absolute atomic E-state index is 0.159. The first kappa shape index (κ1) is 13.3. The van der Waals surface area contributed by atoms with Gasteiger partial charge in [-0.05, 0) is 30.7 Å². The van der Waals surface area contributed by atoms with E-state index in [0.717, 1.165) is 18.4 Å². The molecule has 0 amide bonds. The van der Waals surface area contributed by atoms with Crippen molar-refractivity contribution in [3.63, 3.8) is 0 Å². The topological polar surface area (TPSA) is 38.9 Å². The van der Waals surface area contributed by atoms with E-state index in [4.69, 9.17) is 5.73 Å². The van der Waals surface area contributed by atoms with Crippen molar-refractivity contribution in [3.8, 4) is 10.4 Å². The van der Waals surface area contributed by atoms with Gasteiger partial charge in [-0.25, -0.2) is 0 Å². The van der Waals surface area contributed by atoms with Crippen LogP contribution < -0.4 is 5.73 Å². The van der Waals surface area contributed by atoms with Crippen LogP contribution >= 0.6 is 11.3 Å². The molecule has 1 aromatic carbocycles. The summed E-state index contributed by atoms with van der Waals surface area (Å²) in [6.45, 7) is 2.17. The first-order valence-electron chi connectivity index (χ1n) is 6.99. The molecule has 102 valence electrons. The molecule has 1 atom stereocenters. The molecule has 3 rings (SSSR count). The lowest BCUT2D eigenvalue weighted by Gasteiger charge is -2.07. The highest BCUT2D eigenvalue weighted by atomic mass is 32.1. The monoisotopic (exact) mass is 282 g/mol. The molecule has 3 aromatic rings. The van der Waals surface area contributed by atoms with Crippen molar-refractivity contribution < 1.29 is 0 Å². The molecule has 0 fully saturated rings. The second-order valence-corrected chi connectivity index (χ2v) is 6.09. The van der Waals surface area contributed by atoms with Gasteiger partial charge in [0.2, 0.25) is 0 Å². The Morgan fingerprint density at radius 2 is 2.05 bits per heavy atom. The number of rotatable bonds is 4. The van der Waals surface area contributed by atoms with Crippen LogP contribution in [0, 0.1) is 0 Å². The highest BCUT2D eigenvalue weighted by molar-refractivity contribution is 7.15. The van der Waals surface area contributed by atoms with E-state index in [1.807, 2.05) is 12.3 Å². The maximum Gasteiger partial charge on any atom is 0.0708 e. The fourth-order valence-corrected chi connectivity index (χ4v) is 3.55. The fraction of sp³-hybridized carbons (Fsp3) is 0.235. The van der Waals surface area contributed by atoms with Crippen molar-refractivity contribution in [3.05, 3.63) is 53.5 Å². The van der Waals surface area contributed by atoms with Crippen molar-refractivity contribution >= 4 is 22.2 Å². The Labute approximate surface area is 123 Å². The first-order chi connectivity index (χ1) is 9.79. The van der Waals surface area contributed by atoms with Gasteiger partial charge in [-0.2, -0.15) is 0 Å². The third-order valence-corrected chi connectivity index (χ3v) is 4.75. The molecule has 0 radical (unpaired) electrons. The van der Waals surface area contributed by atoms with Crippen LogP contribution in [0.1, 0.15) is 30.7 Å². The zero-order valence-electron chi connectivity index (χ0n) is 11.5. The van der Waals surface area contributed by atoms with Crippen LogP contribution in [-0.4, -0.2) is 4.98 Å². The fourth-order valence-electron chi connectivity index (χ4n) is 2.47. The molecule has 0 spiro atoms. The summed E-state index contributed by atoms with van der Waals surface area (Å²) in [6.07, 6.45) is 3.99. The predicted molar refractivity (Wildman–Crippen MR) is 86.9 cm³/mol. The predicted octanol–water partition coefficient (Wildman–Crippen LogP) is 4.76. The minimum atomic E-state index is 0.159. The standard InChI is InChI=1S/C17H18N2S/c1-2-5-14(18)17-10-9-16(20-17)13-6-3-8-15-12(13)7-4-11-19-15/h3-4,6-11,14H,2,5,18H2,1H3. The maximum atomic E-state index is 6.21. The van der Waals surface area contributed by atoms with Crippen molar-refractivity contribution in [2.24, 2.45) is 5.73 Å². The van der Waals surface area contributed by atoms with Gasteiger partial charge in [0.1, 0.15) is 0 Å². The Morgan fingerprint density at radius 3 is 2.90 bits per heavy atom. The first-order valence-corrected chi connectivity index (χ1v) is 7.80. The Hall–Kier alpha value is -1.71. The van der Waals surface area contributed by atoms with Crippen molar-refractivity contribution in [1.82, 2.24) is 4.98 Å². The van der Waals surface area contributed by atoms with Crippen LogP contribution in [0.25, 0.3) is 21.3 Å². The average molecular weight is 282 g/mol. The molecule has 2 nitrogen and oxygen atoms in total. The second kappa shape index (κ2) is 5.73. The number of hydrogen-bond donors (Lipinski definition) is 1. The molecule has 0 saturated carbocycles. The van der Waals surface area contributed by atoms with Gasteiger partial charge in [-0.3, -0.25) is 4.98 Å². The molecule has 0 saturated heterocycles. The van der Waals surface area contributed by atoms with E-state index in [9.17, 15) is 0 Å². The van der Waals surface area contributed by atoms with E-state index in [-0.39, 0.29) is 6.04 Å². The molecule has 2 heterocycles. The Kier molecular flexibility index (Phi) is 3.81. The summed E-state index contributed by atoms with van der Waals surface area (Å²) in [6, 6.07) is 14.9. The second-order valence-electron chi connectivity index (χ2n) is 4.97. The molecule has 1 unspecified atom stereocenters. The van der Waals surface area contributed by atoms with Crippen LogP contribution in [0.5, 0.6) is 0 Å². The molecule has 3 heteroatoms. The van der Waals surface area contributed by atoms with E-state index in [1.54, 1.807) is 11.3 Å². The molecule has 0 aliphatic rings. The van der Waals surface area contributed by atoms with Crippen LogP contribution in [-0.2, 0) is 0 Å². The molecule has 2 N–H and O–H groups in total. The van der Waals surface area contributed by atoms with Gasteiger partial charge in [0, 0.05) is 32.9 Å². The number of aromatic nitrogens is 1. The van der Waals surface area contributed by atoms with Crippen molar-refractivity contribution in [2.45, 2.75) is 25.8 Å². The van der Waals surface area contributed by atoms with E-state index >= 15 is 0 Å². The lowest BCUT2D eigenvalue weighted by molar-refractivity contribution is 0.648. The Balaban J connectivity index is 2.03. The summed E-state index contributed by atoms with van der Waals surface area (Å²) in [5.74, 6) is 0. The number of nitrogens with zero attached hydrogens (tertiary/aromatic N) is 1. The largest absolute Gasteiger partial charge is 0.323 e. The van der Waals surface area contributed by atoms with Crippen LogP contribution in [0.3, 0.4) is 0 Å². The van der Waals surface area contributed by atoms with Crippen molar-refractivity contribution in [1.29, 1.82) is 0 Å². The van der Waals surface area contributed by atoms with Crippen LogP contribution in [0.4, 0.5) is 0 Å². The van der Waals surface area contributed by atoms with Gasteiger partial charge >= 0.3 is 0 Å². The summed E-state index contributed by atoms with van der Waals surface area (Å²) in [5, 5.41) is 1.20. The molecule has 0 aliphatic carbocycles. The molecule has 0 bridgehead atoms. The summed E-state index contributed by atoms with van der Waals surface area (Å²) in [5.41, 5.74) is 8.49. The number of fused-ring (bicyclic) bond motifs is 1. The highest BCUT2D eigenvalue weighted by Crippen LogP contribution is 2.35. The quantitative estimate of drug-likeness (QED) is 0.749. The Bertz CT molecular complexity index is 712. The summed E-state index contributed by atoms with van der Waals surface area (Å²) < 4.78 is 0. The normalized spacial score (nSPS) is 12.7. The van der Waals surface area contributed by atoms with Crippen LogP contribution in [0.2, 0.25) is 0 Å². The molecular formula is C17H18N2S. The minimum Gasteiger partial charge on any atom is -0.323 e. The summed E-state index contributed by atoms with van der Waals surface area (Å²) >= 11 is 1.80. The van der Waals surface area contributed by atoms with E-state index in [2.05, 4.69) is 48.3 Å². The van der Waals surface area contributed by atoms with E-state index in [1.165, 1.54) is 20.7 Å². The zero-order chi connectivity index (χ0) is 13.9. The van der Waals surface area contributed by atoms with E-state index < -0.39 is 0 Å². The number of benzene rings is 1. The SMILES string of the molecule is CCCC(N)c1ccc(-c2cccc3ncccc23)s1. The highest BCUT2D eigenvalue weighted by Gasteiger charge is 2.11. The number of thiophene rings is 1. The molecule has 20 heavy (non-hydrogen) atoms. The molecule has 0 aliphatic heterocycles. The lowest BCUT2D eigenvalue weighted by Crippen LogP contribution is -2.07. The molecule has 2 aromatic heterocycles. The van der Waals surface area contributed by atoms with Gasteiger partial charge in [-0.15, -0.1) is 11.3 Å². The van der Waals surface area contributed by atoms with Gasteiger partial charge in [0.05, 0.1) is 5.52 Å². The van der Waals surface area contributed by atoms with Crippen molar-refractivity contribution in [2.75, 3.05) is 0 Å².